The zero-order valence-corrected chi connectivity index (χ0v) is 12.5. The van der Waals surface area contributed by atoms with E-state index in [2.05, 4.69) is 4.98 Å². The highest BCUT2D eigenvalue weighted by molar-refractivity contribution is 7.91. The zero-order chi connectivity index (χ0) is 14.9. The van der Waals surface area contributed by atoms with Gasteiger partial charge < -0.3 is 10.2 Å². The average Bonchev–Trinajstić information content (AvgIpc) is 2.88. The first kappa shape index (κ1) is 15.4. The Labute approximate surface area is 120 Å². The molecule has 1 aliphatic rings. The molecular formula is C11H16N2O5S2. The molecule has 0 aliphatic heterocycles. The number of aliphatic hydroxyl groups excluding tert-OH is 1. The Balaban J connectivity index is 2.34. The highest BCUT2D eigenvalue weighted by atomic mass is 32.2. The smallest absolute Gasteiger partial charge is 0.356 e. The molecule has 20 heavy (non-hydrogen) atoms. The van der Waals surface area contributed by atoms with Gasteiger partial charge in [-0.2, -0.15) is 4.31 Å². The van der Waals surface area contributed by atoms with Crippen LogP contribution in [0, 0.1) is 0 Å². The van der Waals surface area contributed by atoms with Gasteiger partial charge in [0.15, 0.2) is 9.90 Å². The second-order valence-electron chi connectivity index (χ2n) is 4.73. The number of carbonyl (C=O) groups is 1. The first-order valence-electron chi connectivity index (χ1n) is 6.18. The van der Waals surface area contributed by atoms with E-state index in [9.17, 15) is 18.3 Å². The van der Waals surface area contributed by atoms with Crippen LogP contribution in [0.1, 0.15) is 36.2 Å². The maximum Gasteiger partial charge on any atom is 0.356 e. The molecule has 2 rings (SSSR count). The summed E-state index contributed by atoms with van der Waals surface area (Å²) in [5.41, 5.74) is 0.730. The number of carboxylic acids is 1. The second-order valence-corrected chi connectivity index (χ2v) is 7.78. The molecule has 7 nitrogen and oxygen atoms in total. The van der Waals surface area contributed by atoms with Crippen LogP contribution in [0.25, 0.3) is 0 Å². The van der Waals surface area contributed by atoms with E-state index >= 15 is 0 Å². The molecule has 1 aliphatic carbocycles. The van der Waals surface area contributed by atoms with Gasteiger partial charge in [-0.15, -0.1) is 11.3 Å². The normalized spacial score (nSPS) is 23.9. The molecule has 2 N–H and O–H groups in total. The third-order valence-electron chi connectivity index (χ3n) is 3.51. The van der Waals surface area contributed by atoms with Gasteiger partial charge in [0.2, 0.25) is 0 Å². The van der Waals surface area contributed by atoms with Crippen molar-refractivity contribution in [2.24, 2.45) is 0 Å². The topological polar surface area (TPSA) is 108 Å². The number of thiazole rings is 1. The van der Waals surface area contributed by atoms with E-state index < -0.39 is 33.8 Å². The second kappa shape index (κ2) is 5.76. The minimum Gasteiger partial charge on any atom is -0.476 e. The number of aromatic carboxylic acids is 1. The predicted molar refractivity (Wildman–Crippen MR) is 72.3 cm³/mol. The molecule has 2 atom stereocenters. The maximum atomic E-state index is 12.5. The monoisotopic (exact) mass is 320 g/mol. The molecule has 0 bridgehead atoms. The molecule has 0 spiro atoms. The third kappa shape index (κ3) is 2.71. The van der Waals surface area contributed by atoms with Crippen LogP contribution >= 0.6 is 11.3 Å². The molecule has 0 saturated heterocycles. The summed E-state index contributed by atoms with van der Waals surface area (Å²) in [6.07, 6.45) is 2.12. The lowest BCUT2D eigenvalue weighted by molar-refractivity contribution is 0.0637. The fourth-order valence-electron chi connectivity index (χ4n) is 2.39. The molecular weight excluding hydrogens is 304 g/mol. The van der Waals surface area contributed by atoms with Gasteiger partial charge in [-0.25, -0.2) is 18.2 Å². The number of likely N-dealkylation sites (N-methyl/N-ethyl adjacent to an activating group) is 1. The fraction of sp³-hybridized carbons (Fsp3) is 0.636. The van der Waals surface area contributed by atoms with Gasteiger partial charge >= 0.3 is 5.97 Å². The number of hydrogen-bond acceptors (Lipinski definition) is 6. The van der Waals surface area contributed by atoms with E-state index in [4.69, 9.17) is 5.11 Å². The minimum atomic E-state index is -3.96. The lowest BCUT2D eigenvalue weighted by Gasteiger charge is -2.34. The Hall–Kier alpha value is -1.03. The summed E-state index contributed by atoms with van der Waals surface area (Å²) in [4.78, 5) is 14.6. The van der Waals surface area contributed by atoms with Crippen LogP contribution in [-0.2, 0) is 10.0 Å². The number of hydrogen-bond donors (Lipinski definition) is 2. The highest BCUT2D eigenvalue weighted by Gasteiger charge is 2.37. The van der Waals surface area contributed by atoms with Gasteiger partial charge in [0.05, 0.1) is 17.7 Å². The highest BCUT2D eigenvalue weighted by Crippen LogP contribution is 2.29. The third-order valence-corrected chi connectivity index (χ3v) is 6.74. The first-order valence-corrected chi connectivity index (χ1v) is 8.50. The Morgan fingerprint density at radius 3 is 2.70 bits per heavy atom. The number of aliphatic hydroxyl groups is 1. The fourth-order valence-corrected chi connectivity index (χ4v) is 5.11. The van der Waals surface area contributed by atoms with Crippen molar-refractivity contribution in [2.75, 3.05) is 7.05 Å². The molecule has 2 unspecified atom stereocenters. The standard InChI is InChI=1S/C11H16N2O5S2/c1-13(7-4-2-3-5-8(7)14)20(17,18)11-9(10(15)16)12-6-19-11/h6-8,14H,2-5H2,1H3,(H,15,16). The summed E-state index contributed by atoms with van der Waals surface area (Å²) in [6.45, 7) is 0. The van der Waals surface area contributed by atoms with Crippen LogP contribution in [0.3, 0.4) is 0 Å². The van der Waals surface area contributed by atoms with E-state index in [1.807, 2.05) is 0 Å². The number of sulfonamides is 1. The van der Waals surface area contributed by atoms with Crippen molar-refractivity contribution in [3.05, 3.63) is 11.2 Å². The summed E-state index contributed by atoms with van der Waals surface area (Å²) in [6, 6.07) is -0.516. The van der Waals surface area contributed by atoms with Crippen molar-refractivity contribution in [1.29, 1.82) is 0 Å². The molecule has 9 heteroatoms. The van der Waals surface area contributed by atoms with Crippen molar-refractivity contribution < 1.29 is 23.4 Å². The van der Waals surface area contributed by atoms with Crippen molar-refractivity contribution in [2.45, 2.75) is 42.0 Å². The van der Waals surface area contributed by atoms with Gasteiger partial charge in [0.25, 0.3) is 10.0 Å². The number of carboxylic acid groups (broad SMARTS) is 1. The van der Waals surface area contributed by atoms with Crippen molar-refractivity contribution >= 4 is 27.3 Å². The van der Waals surface area contributed by atoms with Gasteiger partial charge in [0, 0.05) is 7.05 Å². The first-order chi connectivity index (χ1) is 9.35. The van der Waals surface area contributed by atoms with Crippen LogP contribution in [-0.4, -0.2) is 53.1 Å². The average molecular weight is 320 g/mol. The van der Waals surface area contributed by atoms with E-state index in [-0.39, 0.29) is 4.21 Å². The van der Waals surface area contributed by atoms with Gasteiger partial charge in [0.1, 0.15) is 0 Å². The molecule has 1 saturated carbocycles. The van der Waals surface area contributed by atoms with Crippen LogP contribution in [0.4, 0.5) is 0 Å². The van der Waals surface area contributed by atoms with E-state index in [1.54, 1.807) is 0 Å². The van der Waals surface area contributed by atoms with Crippen molar-refractivity contribution in [3.63, 3.8) is 0 Å². The molecule has 1 heterocycles. The van der Waals surface area contributed by atoms with E-state index in [1.165, 1.54) is 12.6 Å². The van der Waals surface area contributed by atoms with Crippen molar-refractivity contribution in [3.8, 4) is 0 Å². The SMILES string of the molecule is CN(C1CCCCC1O)S(=O)(=O)c1scnc1C(=O)O. The van der Waals surface area contributed by atoms with Crippen LogP contribution in [0.2, 0.25) is 0 Å². The van der Waals surface area contributed by atoms with Crippen LogP contribution < -0.4 is 0 Å². The van der Waals surface area contributed by atoms with Crippen molar-refractivity contribution in [1.82, 2.24) is 9.29 Å². The summed E-state index contributed by atoms with van der Waals surface area (Å²) >= 11 is 0.775. The summed E-state index contributed by atoms with van der Waals surface area (Å²) in [5, 5.41) is 18.9. The summed E-state index contributed by atoms with van der Waals surface area (Å²) in [5.74, 6) is -1.37. The van der Waals surface area contributed by atoms with Gasteiger partial charge in [-0.05, 0) is 12.8 Å². The molecule has 0 amide bonds. The molecule has 0 aromatic carbocycles. The number of nitrogens with zero attached hydrogens (tertiary/aromatic N) is 2. The van der Waals surface area contributed by atoms with Crippen LogP contribution in [0.5, 0.6) is 0 Å². The maximum absolute atomic E-state index is 12.5. The zero-order valence-electron chi connectivity index (χ0n) is 10.9. The largest absolute Gasteiger partial charge is 0.476 e. The number of aromatic nitrogens is 1. The molecule has 1 fully saturated rings. The van der Waals surface area contributed by atoms with E-state index in [0.29, 0.717) is 12.8 Å². The lowest BCUT2D eigenvalue weighted by atomic mass is 9.93. The number of rotatable bonds is 4. The van der Waals surface area contributed by atoms with Gasteiger partial charge in [-0.1, -0.05) is 12.8 Å². The van der Waals surface area contributed by atoms with Crippen LogP contribution in [0.15, 0.2) is 9.72 Å². The molecule has 1 aromatic rings. The van der Waals surface area contributed by atoms with E-state index in [0.717, 1.165) is 28.5 Å². The van der Waals surface area contributed by atoms with Gasteiger partial charge in [-0.3, -0.25) is 0 Å². The quantitative estimate of drug-likeness (QED) is 0.848. The summed E-state index contributed by atoms with van der Waals surface area (Å²) in [7, 11) is -2.58. The summed E-state index contributed by atoms with van der Waals surface area (Å²) < 4.78 is 25.8. The Bertz CT molecular complexity index is 598. The minimum absolute atomic E-state index is 0.287. The molecule has 1 aromatic heterocycles. The molecule has 112 valence electrons. The lowest BCUT2D eigenvalue weighted by Crippen LogP contribution is -2.46. The Kier molecular flexibility index (Phi) is 4.43. The Morgan fingerprint density at radius 1 is 1.45 bits per heavy atom. The Morgan fingerprint density at radius 2 is 2.10 bits per heavy atom. The molecule has 0 radical (unpaired) electrons. The predicted octanol–water partition coefficient (Wildman–Crippen LogP) is 0.765.